The number of rotatable bonds is 3. The fourth-order valence-electron chi connectivity index (χ4n) is 1.62. The zero-order valence-electron chi connectivity index (χ0n) is 7.54. The fourth-order valence-corrected chi connectivity index (χ4v) is 1.62. The molecule has 0 amide bonds. The molecule has 0 atom stereocenters. The van der Waals surface area contributed by atoms with E-state index in [4.69, 9.17) is 4.84 Å². The van der Waals surface area contributed by atoms with Crippen molar-refractivity contribution in [2.45, 2.75) is 51.0 Å². The summed E-state index contributed by atoms with van der Waals surface area (Å²) in [6, 6.07) is 0. The van der Waals surface area contributed by atoms with Gasteiger partial charge >= 0.3 is 0 Å². The smallest absolute Gasteiger partial charge is 0.127 e. The van der Waals surface area contributed by atoms with Crippen molar-refractivity contribution in [2.75, 3.05) is 0 Å². The highest BCUT2D eigenvalue weighted by molar-refractivity contribution is 5.62. The predicted octanol–water partition coefficient (Wildman–Crippen LogP) is 2.73. The molecule has 0 saturated heterocycles. The van der Waals surface area contributed by atoms with E-state index in [1.54, 1.807) is 0 Å². The van der Waals surface area contributed by atoms with Crippen molar-refractivity contribution in [2.24, 2.45) is 11.1 Å². The van der Waals surface area contributed by atoms with Gasteiger partial charge in [-0.3, -0.25) is 0 Å². The third-order valence-corrected chi connectivity index (χ3v) is 2.66. The van der Waals surface area contributed by atoms with Crippen LogP contribution in [0.15, 0.2) is 5.16 Å². The van der Waals surface area contributed by atoms with Gasteiger partial charge in [-0.15, -0.1) is 0 Å². The molecule has 0 aliphatic heterocycles. The Morgan fingerprint density at radius 3 is 2.42 bits per heavy atom. The average molecular weight is 167 g/mol. The average Bonchev–Trinajstić information content (AvgIpc) is 2.90. The van der Waals surface area contributed by atoms with Crippen LogP contribution in [0.1, 0.15) is 44.9 Å². The van der Waals surface area contributed by atoms with E-state index in [1.807, 2.05) is 6.21 Å². The second-order valence-corrected chi connectivity index (χ2v) is 3.96. The molecule has 0 heterocycles. The number of oxime groups is 1. The summed E-state index contributed by atoms with van der Waals surface area (Å²) in [4.78, 5) is 5.40. The van der Waals surface area contributed by atoms with Crippen molar-refractivity contribution in [3.63, 3.8) is 0 Å². The summed E-state index contributed by atoms with van der Waals surface area (Å²) in [6.45, 7) is 0. The zero-order valence-corrected chi connectivity index (χ0v) is 7.54. The van der Waals surface area contributed by atoms with Crippen molar-refractivity contribution in [3.05, 3.63) is 0 Å². The van der Waals surface area contributed by atoms with Gasteiger partial charge in [0.2, 0.25) is 0 Å². The van der Waals surface area contributed by atoms with E-state index >= 15 is 0 Å². The molecule has 0 aromatic carbocycles. The van der Waals surface area contributed by atoms with Crippen LogP contribution in [0.25, 0.3) is 0 Å². The fraction of sp³-hybridized carbons (Fsp3) is 0.900. The van der Waals surface area contributed by atoms with Crippen molar-refractivity contribution in [1.82, 2.24) is 0 Å². The van der Waals surface area contributed by atoms with Crippen LogP contribution in [-0.4, -0.2) is 12.3 Å². The Labute approximate surface area is 74.0 Å². The second-order valence-electron chi connectivity index (χ2n) is 3.96. The molecular weight excluding hydrogens is 150 g/mol. The molecule has 0 spiro atoms. The van der Waals surface area contributed by atoms with E-state index in [-0.39, 0.29) is 0 Å². The first kappa shape index (κ1) is 8.09. The molecule has 2 fully saturated rings. The largest absolute Gasteiger partial charge is 0.393 e. The van der Waals surface area contributed by atoms with E-state index in [2.05, 4.69) is 5.16 Å². The first-order valence-corrected chi connectivity index (χ1v) is 5.14. The highest BCUT2D eigenvalue weighted by Crippen LogP contribution is 2.27. The topological polar surface area (TPSA) is 21.6 Å². The Morgan fingerprint density at radius 1 is 1.00 bits per heavy atom. The van der Waals surface area contributed by atoms with Crippen molar-refractivity contribution in [1.29, 1.82) is 0 Å². The lowest BCUT2D eigenvalue weighted by atomic mass is 9.98. The Bertz CT molecular complexity index is 157. The molecule has 0 N–H and O–H groups in total. The first-order chi connectivity index (χ1) is 5.95. The molecule has 2 nitrogen and oxygen atoms in total. The maximum absolute atomic E-state index is 5.40. The summed E-state index contributed by atoms with van der Waals surface area (Å²) in [5.41, 5.74) is 0. The minimum atomic E-state index is 0.425. The molecule has 68 valence electrons. The molecule has 0 aromatic heterocycles. The highest BCUT2D eigenvalue weighted by atomic mass is 16.6. The lowest BCUT2D eigenvalue weighted by molar-refractivity contribution is 0.0335. The normalized spacial score (nSPS) is 26.3. The number of hydrogen-bond acceptors (Lipinski definition) is 2. The Morgan fingerprint density at radius 2 is 1.75 bits per heavy atom. The molecular formula is C10H17NO. The van der Waals surface area contributed by atoms with Crippen LogP contribution in [0.5, 0.6) is 0 Å². The third-order valence-electron chi connectivity index (χ3n) is 2.66. The highest BCUT2D eigenvalue weighted by Gasteiger charge is 2.19. The number of nitrogens with zero attached hydrogens (tertiary/aromatic N) is 1. The summed E-state index contributed by atoms with van der Waals surface area (Å²) in [5.74, 6) is 0.744. The zero-order chi connectivity index (χ0) is 8.23. The first-order valence-electron chi connectivity index (χ1n) is 5.14. The second kappa shape index (κ2) is 3.92. The summed E-state index contributed by atoms with van der Waals surface area (Å²) in [7, 11) is 0. The minimum Gasteiger partial charge on any atom is -0.393 e. The van der Waals surface area contributed by atoms with Gasteiger partial charge in [-0.1, -0.05) is 11.6 Å². The van der Waals surface area contributed by atoms with Gasteiger partial charge in [0.1, 0.15) is 6.10 Å². The molecule has 2 rings (SSSR count). The van der Waals surface area contributed by atoms with Crippen molar-refractivity contribution >= 4 is 6.21 Å². The van der Waals surface area contributed by atoms with Gasteiger partial charge in [0, 0.05) is 6.21 Å². The molecule has 0 bridgehead atoms. The van der Waals surface area contributed by atoms with E-state index < -0.39 is 0 Å². The third kappa shape index (κ3) is 2.50. The van der Waals surface area contributed by atoms with Crippen LogP contribution >= 0.6 is 0 Å². The van der Waals surface area contributed by atoms with Crippen LogP contribution < -0.4 is 0 Å². The van der Waals surface area contributed by atoms with Gasteiger partial charge < -0.3 is 4.84 Å². The van der Waals surface area contributed by atoms with E-state index in [0.29, 0.717) is 6.10 Å². The predicted molar refractivity (Wildman–Crippen MR) is 49.2 cm³/mol. The standard InChI is InChI=1S/C10H17NO/c1-2-4-10(5-3-1)12-11-8-9-6-7-9/h8-10H,1-7H2. The van der Waals surface area contributed by atoms with Gasteiger partial charge in [-0.2, -0.15) is 0 Å². The van der Waals surface area contributed by atoms with Crippen molar-refractivity contribution < 1.29 is 4.84 Å². The van der Waals surface area contributed by atoms with Gasteiger partial charge in [0.05, 0.1) is 0 Å². The van der Waals surface area contributed by atoms with Gasteiger partial charge in [-0.05, 0) is 44.4 Å². The Hall–Kier alpha value is -0.530. The molecule has 2 saturated carbocycles. The molecule has 0 aromatic rings. The SMILES string of the molecule is C(=NOC1CCCCC1)C1CC1. The summed E-state index contributed by atoms with van der Waals surface area (Å²) in [6.07, 6.45) is 11.5. The van der Waals surface area contributed by atoms with E-state index in [9.17, 15) is 0 Å². The van der Waals surface area contributed by atoms with E-state index in [0.717, 1.165) is 5.92 Å². The van der Waals surface area contributed by atoms with Crippen LogP contribution in [0.4, 0.5) is 0 Å². The lowest BCUT2D eigenvalue weighted by Gasteiger charge is -2.18. The summed E-state index contributed by atoms with van der Waals surface area (Å²) < 4.78 is 0. The Kier molecular flexibility index (Phi) is 2.64. The molecule has 0 radical (unpaired) electrons. The molecule has 2 aliphatic carbocycles. The summed E-state index contributed by atoms with van der Waals surface area (Å²) >= 11 is 0. The maximum atomic E-state index is 5.40. The minimum absolute atomic E-state index is 0.425. The van der Waals surface area contributed by atoms with E-state index in [1.165, 1.54) is 44.9 Å². The molecule has 12 heavy (non-hydrogen) atoms. The van der Waals surface area contributed by atoms with Crippen LogP contribution in [0.2, 0.25) is 0 Å². The molecule has 2 heteroatoms. The van der Waals surface area contributed by atoms with Crippen LogP contribution in [0.3, 0.4) is 0 Å². The van der Waals surface area contributed by atoms with Gasteiger partial charge in [0.15, 0.2) is 0 Å². The summed E-state index contributed by atoms with van der Waals surface area (Å²) in [5, 5.41) is 4.03. The Balaban J connectivity index is 1.63. The lowest BCUT2D eigenvalue weighted by Crippen LogP contribution is -2.13. The monoisotopic (exact) mass is 167 g/mol. The number of hydrogen-bond donors (Lipinski definition) is 0. The molecule has 2 aliphatic rings. The van der Waals surface area contributed by atoms with Gasteiger partial charge in [0.25, 0.3) is 0 Å². The van der Waals surface area contributed by atoms with Crippen molar-refractivity contribution in [3.8, 4) is 0 Å². The van der Waals surface area contributed by atoms with Crippen LogP contribution in [0, 0.1) is 5.92 Å². The van der Waals surface area contributed by atoms with Crippen LogP contribution in [-0.2, 0) is 4.84 Å². The maximum Gasteiger partial charge on any atom is 0.127 e. The molecule has 0 unspecified atom stereocenters. The van der Waals surface area contributed by atoms with Gasteiger partial charge in [-0.25, -0.2) is 0 Å². The quantitative estimate of drug-likeness (QED) is 0.468.